The fourth-order valence-electron chi connectivity index (χ4n) is 2.88. The third-order valence-corrected chi connectivity index (χ3v) is 6.55. The van der Waals surface area contributed by atoms with Gasteiger partial charge < -0.3 is 15.0 Å². The van der Waals surface area contributed by atoms with Gasteiger partial charge in [0.2, 0.25) is 10.0 Å². The Morgan fingerprint density at radius 3 is 2.33 bits per heavy atom. The third kappa shape index (κ3) is 4.97. The highest BCUT2D eigenvalue weighted by Crippen LogP contribution is 2.17. The van der Waals surface area contributed by atoms with Crippen molar-refractivity contribution in [3.63, 3.8) is 0 Å². The van der Waals surface area contributed by atoms with E-state index in [1.807, 2.05) is 29.9 Å². The molecule has 2 rings (SSSR count). The minimum absolute atomic E-state index is 0.168. The van der Waals surface area contributed by atoms with Crippen LogP contribution < -0.4 is 5.32 Å². The van der Waals surface area contributed by atoms with Crippen molar-refractivity contribution < 1.29 is 18.3 Å². The molecule has 27 heavy (non-hydrogen) atoms. The Balaban J connectivity index is 1.95. The molecule has 0 radical (unpaired) electrons. The van der Waals surface area contributed by atoms with Gasteiger partial charge in [0.05, 0.1) is 11.0 Å². The summed E-state index contributed by atoms with van der Waals surface area (Å²) in [4.78, 5) is 12.4. The van der Waals surface area contributed by atoms with Crippen LogP contribution in [0.5, 0.6) is 0 Å². The minimum Gasteiger partial charge on any atom is -0.387 e. The molecule has 0 aliphatic rings. The number of aliphatic hydroxyl groups is 1. The van der Waals surface area contributed by atoms with E-state index in [1.54, 1.807) is 13.8 Å². The normalized spacial score (nSPS) is 12.9. The Morgan fingerprint density at radius 1 is 1.19 bits per heavy atom. The molecule has 2 aromatic rings. The molecular formula is C19H27N3O4S. The Kier molecular flexibility index (Phi) is 7.18. The van der Waals surface area contributed by atoms with Crippen LogP contribution in [0, 0.1) is 0 Å². The van der Waals surface area contributed by atoms with E-state index in [0.717, 1.165) is 5.69 Å². The predicted octanol–water partition coefficient (Wildman–Crippen LogP) is 1.91. The van der Waals surface area contributed by atoms with Gasteiger partial charge in [-0.2, -0.15) is 4.31 Å². The van der Waals surface area contributed by atoms with E-state index in [0.29, 0.717) is 31.6 Å². The van der Waals surface area contributed by atoms with Crippen LogP contribution in [0.4, 0.5) is 0 Å². The van der Waals surface area contributed by atoms with Crippen LogP contribution in [0.2, 0.25) is 0 Å². The molecule has 0 aliphatic carbocycles. The van der Waals surface area contributed by atoms with Crippen molar-refractivity contribution in [3.05, 3.63) is 53.9 Å². The van der Waals surface area contributed by atoms with Crippen LogP contribution in [0.1, 0.15) is 42.4 Å². The number of carbonyl (C=O) groups excluding carboxylic acids is 1. The summed E-state index contributed by atoms with van der Waals surface area (Å²) in [6.45, 7) is 4.67. The second-order valence-electron chi connectivity index (χ2n) is 6.22. The summed E-state index contributed by atoms with van der Waals surface area (Å²) in [6.07, 6.45) is 1.58. The van der Waals surface area contributed by atoms with Crippen molar-refractivity contribution in [2.75, 3.05) is 19.6 Å². The van der Waals surface area contributed by atoms with Crippen molar-refractivity contribution >= 4 is 15.9 Å². The fourth-order valence-corrected chi connectivity index (χ4v) is 4.34. The summed E-state index contributed by atoms with van der Waals surface area (Å²) in [5.74, 6) is -0.305. The van der Waals surface area contributed by atoms with Gasteiger partial charge in [0.15, 0.2) is 0 Å². The molecule has 2 N–H and O–H groups in total. The van der Waals surface area contributed by atoms with Crippen LogP contribution in [0.15, 0.2) is 47.5 Å². The molecule has 0 saturated carbocycles. The molecule has 0 spiro atoms. The molecule has 0 bridgehead atoms. The van der Waals surface area contributed by atoms with E-state index >= 15 is 0 Å². The maximum atomic E-state index is 12.5. The van der Waals surface area contributed by atoms with Gasteiger partial charge in [-0.15, -0.1) is 0 Å². The van der Waals surface area contributed by atoms with Gasteiger partial charge in [0.1, 0.15) is 0 Å². The third-order valence-electron chi connectivity index (χ3n) is 4.49. The van der Waals surface area contributed by atoms with Crippen molar-refractivity contribution in [1.82, 2.24) is 14.2 Å². The van der Waals surface area contributed by atoms with E-state index in [9.17, 15) is 18.3 Å². The zero-order valence-corrected chi connectivity index (χ0v) is 16.7. The van der Waals surface area contributed by atoms with Crippen molar-refractivity contribution in [2.24, 2.45) is 7.05 Å². The van der Waals surface area contributed by atoms with Gasteiger partial charge in [-0.1, -0.05) is 13.8 Å². The number of rotatable bonds is 9. The van der Waals surface area contributed by atoms with Crippen molar-refractivity contribution in [2.45, 2.75) is 31.3 Å². The van der Waals surface area contributed by atoms with Crippen LogP contribution >= 0.6 is 0 Å². The summed E-state index contributed by atoms with van der Waals surface area (Å²) in [5, 5.41) is 12.9. The molecule has 8 heteroatoms. The van der Waals surface area contributed by atoms with E-state index in [-0.39, 0.29) is 10.8 Å². The molecule has 1 heterocycles. The number of hydrogen-bond donors (Lipinski definition) is 2. The number of nitrogens with zero attached hydrogens (tertiary/aromatic N) is 2. The van der Waals surface area contributed by atoms with Gasteiger partial charge in [-0.05, 0) is 42.8 Å². The zero-order valence-electron chi connectivity index (χ0n) is 15.9. The fraction of sp³-hybridized carbons (Fsp3) is 0.421. The number of amides is 1. The molecule has 0 fully saturated rings. The number of aromatic nitrogens is 1. The summed E-state index contributed by atoms with van der Waals surface area (Å²) < 4.78 is 28.1. The lowest BCUT2D eigenvalue weighted by Crippen LogP contribution is -2.30. The number of carbonyl (C=O) groups is 1. The Morgan fingerprint density at radius 2 is 1.81 bits per heavy atom. The molecule has 1 aromatic heterocycles. The molecular weight excluding hydrogens is 366 g/mol. The Hall–Kier alpha value is -2.16. The number of hydrogen-bond acceptors (Lipinski definition) is 4. The summed E-state index contributed by atoms with van der Waals surface area (Å²) in [6, 6.07) is 9.58. The van der Waals surface area contributed by atoms with E-state index in [2.05, 4.69) is 5.32 Å². The molecule has 1 aromatic carbocycles. The Labute approximate surface area is 160 Å². The summed E-state index contributed by atoms with van der Waals surface area (Å²) >= 11 is 0. The number of sulfonamides is 1. The average Bonchev–Trinajstić information content (AvgIpc) is 3.08. The average molecular weight is 394 g/mol. The van der Waals surface area contributed by atoms with Crippen LogP contribution in [0.25, 0.3) is 0 Å². The smallest absolute Gasteiger partial charge is 0.251 e. The minimum atomic E-state index is -3.53. The first-order chi connectivity index (χ1) is 12.8. The lowest BCUT2D eigenvalue weighted by molar-refractivity contribution is 0.0941. The highest BCUT2D eigenvalue weighted by Gasteiger charge is 2.21. The molecule has 7 nitrogen and oxygen atoms in total. The molecule has 1 atom stereocenters. The quantitative estimate of drug-likeness (QED) is 0.681. The van der Waals surface area contributed by atoms with Crippen molar-refractivity contribution in [1.29, 1.82) is 0 Å². The van der Waals surface area contributed by atoms with E-state index < -0.39 is 16.1 Å². The van der Waals surface area contributed by atoms with Gasteiger partial charge in [-0.25, -0.2) is 8.42 Å². The predicted molar refractivity (Wildman–Crippen MR) is 104 cm³/mol. The number of aliphatic hydroxyl groups excluding tert-OH is 1. The lowest BCUT2D eigenvalue weighted by Gasteiger charge is -2.18. The Bertz CT molecular complexity index is 855. The topological polar surface area (TPSA) is 91.6 Å². The molecule has 148 valence electrons. The maximum Gasteiger partial charge on any atom is 0.251 e. The highest BCUT2D eigenvalue weighted by molar-refractivity contribution is 7.89. The second-order valence-corrected chi connectivity index (χ2v) is 8.16. The number of nitrogens with one attached hydrogen (secondary N) is 1. The van der Waals surface area contributed by atoms with Crippen LogP contribution in [0.3, 0.4) is 0 Å². The van der Waals surface area contributed by atoms with E-state index in [4.69, 9.17) is 0 Å². The molecule has 1 unspecified atom stereocenters. The lowest BCUT2D eigenvalue weighted by atomic mass is 10.1. The summed E-state index contributed by atoms with van der Waals surface area (Å²) in [7, 11) is -1.68. The first-order valence-electron chi connectivity index (χ1n) is 8.99. The SMILES string of the molecule is CCN(CC)S(=O)(=O)c1ccc(C(=O)NCCC(O)c2cccn2C)cc1. The number of benzene rings is 1. The van der Waals surface area contributed by atoms with Crippen LogP contribution in [-0.2, 0) is 17.1 Å². The standard InChI is InChI=1S/C19H27N3O4S/c1-4-22(5-2)27(25,26)16-10-8-15(9-11-16)19(24)20-13-12-18(23)17-7-6-14-21(17)3/h6-11,14,18,23H,4-5,12-13H2,1-3H3,(H,20,24). The van der Waals surface area contributed by atoms with Crippen LogP contribution in [-0.4, -0.2) is 47.9 Å². The monoisotopic (exact) mass is 393 g/mol. The highest BCUT2D eigenvalue weighted by atomic mass is 32.2. The molecule has 1 amide bonds. The molecule has 0 aliphatic heterocycles. The van der Waals surface area contributed by atoms with Gasteiger partial charge in [-0.3, -0.25) is 4.79 Å². The summed E-state index contributed by atoms with van der Waals surface area (Å²) in [5.41, 5.74) is 1.16. The maximum absolute atomic E-state index is 12.5. The first-order valence-corrected chi connectivity index (χ1v) is 10.4. The number of aryl methyl sites for hydroxylation is 1. The molecule has 0 saturated heterocycles. The van der Waals surface area contributed by atoms with E-state index in [1.165, 1.54) is 28.6 Å². The largest absolute Gasteiger partial charge is 0.387 e. The van der Waals surface area contributed by atoms with Crippen molar-refractivity contribution in [3.8, 4) is 0 Å². The van der Waals surface area contributed by atoms with Gasteiger partial charge in [0.25, 0.3) is 5.91 Å². The second kappa shape index (κ2) is 9.16. The van der Waals surface area contributed by atoms with Gasteiger partial charge in [0, 0.05) is 44.1 Å². The van der Waals surface area contributed by atoms with Gasteiger partial charge >= 0.3 is 0 Å². The zero-order chi connectivity index (χ0) is 20.0. The first kappa shape index (κ1) is 21.1.